The zero-order chi connectivity index (χ0) is 30.2. The molecule has 0 saturated carbocycles. The van der Waals surface area contributed by atoms with Gasteiger partial charge in [0.15, 0.2) is 0 Å². The lowest BCUT2D eigenvalue weighted by Gasteiger charge is -2.33. The molecule has 3 aromatic carbocycles. The Morgan fingerprint density at radius 2 is 1.63 bits per heavy atom. The summed E-state index contributed by atoms with van der Waals surface area (Å²) in [6, 6.07) is 20.0. The van der Waals surface area contributed by atoms with Crippen molar-refractivity contribution in [2.24, 2.45) is 0 Å². The van der Waals surface area contributed by atoms with Crippen LogP contribution < -0.4 is 14.4 Å². The predicted octanol–water partition coefficient (Wildman–Crippen LogP) is 5.67. The SMILES string of the molecule is CCC(C(=O)NC(C)C)N(Cc1ccc(Cl)cc1Cl)C(=O)CN(c1ccc(OCc2ccccc2)cc1)S(C)(=O)=O. The summed E-state index contributed by atoms with van der Waals surface area (Å²) in [5.74, 6) is -0.351. The van der Waals surface area contributed by atoms with Crippen LogP contribution in [0.3, 0.4) is 0 Å². The number of rotatable bonds is 13. The Morgan fingerprint density at radius 3 is 2.20 bits per heavy atom. The van der Waals surface area contributed by atoms with E-state index in [1.165, 1.54) is 4.90 Å². The number of hydrogen-bond donors (Lipinski definition) is 1. The minimum atomic E-state index is -3.87. The summed E-state index contributed by atoms with van der Waals surface area (Å²) < 4.78 is 32.6. The second kappa shape index (κ2) is 14.6. The Kier molecular flexibility index (Phi) is 11.5. The van der Waals surface area contributed by atoms with E-state index in [1.54, 1.807) is 49.4 Å². The molecule has 0 aromatic heterocycles. The minimum Gasteiger partial charge on any atom is -0.489 e. The number of hydrogen-bond acceptors (Lipinski definition) is 5. The quantitative estimate of drug-likeness (QED) is 0.266. The van der Waals surface area contributed by atoms with Crippen LogP contribution in [0, 0.1) is 0 Å². The molecule has 0 bridgehead atoms. The number of benzene rings is 3. The third-order valence-corrected chi connectivity index (χ3v) is 7.95. The first-order valence-corrected chi connectivity index (χ1v) is 15.8. The van der Waals surface area contributed by atoms with E-state index in [0.29, 0.717) is 34.4 Å². The average Bonchev–Trinajstić information content (AvgIpc) is 2.91. The molecule has 41 heavy (non-hydrogen) atoms. The molecule has 11 heteroatoms. The molecule has 1 unspecified atom stereocenters. The Balaban J connectivity index is 1.88. The fourth-order valence-corrected chi connectivity index (χ4v) is 5.51. The van der Waals surface area contributed by atoms with Gasteiger partial charge < -0.3 is 15.0 Å². The van der Waals surface area contributed by atoms with E-state index in [9.17, 15) is 18.0 Å². The summed E-state index contributed by atoms with van der Waals surface area (Å²) in [6.45, 7) is 5.27. The third-order valence-electron chi connectivity index (χ3n) is 6.22. The van der Waals surface area contributed by atoms with E-state index in [2.05, 4.69) is 5.32 Å². The van der Waals surface area contributed by atoms with Crippen LogP contribution in [0.25, 0.3) is 0 Å². The van der Waals surface area contributed by atoms with Crippen LogP contribution >= 0.6 is 23.2 Å². The smallest absolute Gasteiger partial charge is 0.244 e. The van der Waals surface area contributed by atoms with Crippen molar-refractivity contribution in [2.75, 3.05) is 17.1 Å². The summed E-state index contributed by atoms with van der Waals surface area (Å²) in [4.78, 5) is 28.3. The van der Waals surface area contributed by atoms with Crippen molar-refractivity contribution in [1.29, 1.82) is 0 Å². The highest BCUT2D eigenvalue weighted by molar-refractivity contribution is 7.92. The number of sulfonamides is 1. The standard InChI is InChI=1S/C30H35Cl2N3O5S/c1-5-28(30(37)33-21(2)3)34(18-23-11-12-24(31)17-27(23)32)29(36)19-35(41(4,38)39)25-13-15-26(16-14-25)40-20-22-9-7-6-8-10-22/h6-17,21,28H,5,18-20H2,1-4H3,(H,33,37). The second-order valence-electron chi connectivity index (χ2n) is 9.88. The summed E-state index contributed by atoms with van der Waals surface area (Å²) in [5, 5.41) is 3.62. The summed E-state index contributed by atoms with van der Waals surface area (Å²) in [7, 11) is -3.87. The van der Waals surface area contributed by atoms with Crippen LogP contribution in [0.15, 0.2) is 72.8 Å². The molecular weight excluding hydrogens is 585 g/mol. The van der Waals surface area contributed by atoms with Crippen molar-refractivity contribution in [3.05, 3.63) is 94.0 Å². The van der Waals surface area contributed by atoms with Crippen molar-refractivity contribution in [3.63, 3.8) is 0 Å². The number of anilines is 1. The fourth-order valence-electron chi connectivity index (χ4n) is 4.20. The van der Waals surface area contributed by atoms with Gasteiger partial charge in [0.05, 0.1) is 11.9 Å². The molecule has 0 fully saturated rings. The molecule has 0 aliphatic carbocycles. The van der Waals surface area contributed by atoms with E-state index in [1.807, 2.05) is 44.2 Å². The van der Waals surface area contributed by atoms with Gasteiger partial charge in [0, 0.05) is 22.6 Å². The largest absolute Gasteiger partial charge is 0.489 e. The van der Waals surface area contributed by atoms with Gasteiger partial charge in [0.1, 0.15) is 24.9 Å². The first kappa shape index (κ1) is 32.2. The second-order valence-corrected chi connectivity index (χ2v) is 12.6. The number of halogens is 2. The first-order valence-electron chi connectivity index (χ1n) is 13.2. The maximum Gasteiger partial charge on any atom is 0.244 e. The van der Waals surface area contributed by atoms with Crippen molar-refractivity contribution in [1.82, 2.24) is 10.2 Å². The molecule has 0 aliphatic rings. The van der Waals surface area contributed by atoms with Gasteiger partial charge in [-0.25, -0.2) is 8.42 Å². The Morgan fingerprint density at radius 1 is 0.976 bits per heavy atom. The van der Waals surface area contributed by atoms with Gasteiger partial charge >= 0.3 is 0 Å². The maximum atomic E-state index is 13.8. The zero-order valence-corrected chi connectivity index (χ0v) is 25.8. The van der Waals surface area contributed by atoms with E-state index < -0.39 is 28.5 Å². The normalized spacial score (nSPS) is 12.1. The number of carbonyl (C=O) groups is 2. The summed E-state index contributed by atoms with van der Waals surface area (Å²) >= 11 is 12.5. The van der Waals surface area contributed by atoms with Crippen molar-refractivity contribution in [2.45, 2.75) is 52.4 Å². The number of ether oxygens (including phenoxy) is 1. The van der Waals surface area contributed by atoms with Gasteiger partial charge in [-0.3, -0.25) is 13.9 Å². The molecule has 0 radical (unpaired) electrons. The van der Waals surface area contributed by atoms with E-state index in [4.69, 9.17) is 27.9 Å². The number of amides is 2. The van der Waals surface area contributed by atoms with Crippen LogP contribution in [0.2, 0.25) is 10.0 Å². The van der Waals surface area contributed by atoms with Gasteiger partial charge in [-0.1, -0.05) is 66.5 Å². The highest BCUT2D eigenvalue weighted by Gasteiger charge is 2.32. The van der Waals surface area contributed by atoms with Crippen molar-refractivity contribution in [3.8, 4) is 5.75 Å². The molecule has 0 saturated heterocycles. The van der Waals surface area contributed by atoms with Crippen LogP contribution in [-0.2, 0) is 32.8 Å². The van der Waals surface area contributed by atoms with Gasteiger partial charge in [-0.2, -0.15) is 0 Å². The van der Waals surface area contributed by atoms with Crippen LogP contribution in [0.4, 0.5) is 5.69 Å². The molecule has 1 atom stereocenters. The fraction of sp³-hybridized carbons (Fsp3) is 0.333. The summed E-state index contributed by atoms with van der Waals surface area (Å²) in [6.07, 6.45) is 1.34. The molecule has 8 nitrogen and oxygen atoms in total. The Hall–Kier alpha value is -3.27. The molecule has 2 amide bonds. The molecule has 3 aromatic rings. The minimum absolute atomic E-state index is 0.0112. The van der Waals surface area contributed by atoms with E-state index in [0.717, 1.165) is 16.1 Å². The number of nitrogens with zero attached hydrogens (tertiary/aromatic N) is 2. The molecule has 0 heterocycles. The average molecular weight is 621 g/mol. The number of carbonyl (C=O) groups excluding carboxylic acids is 2. The molecule has 220 valence electrons. The first-order chi connectivity index (χ1) is 19.4. The topological polar surface area (TPSA) is 96.0 Å². The van der Waals surface area contributed by atoms with E-state index >= 15 is 0 Å². The van der Waals surface area contributed by atoms with Crippen LogP contribution in [0.1, 0.15) is 38.3 Å². The molecular formula is C30H35Cl2N3O5S. The lowest BCUT2D eigenvalue weighted by molar-refractivity contribution is -0.140. The number of nitrogens with one attached hydrogen (secondary N) is 1. The van der Waals surface area contributed by atoms with Crippen molar-refractivity contribution < 1.29 is 22.7 Å². The zero-order valence-electron chi connectivity index (χ0n) is 23.5. The molecule has 0 aliphatic heterocycles. The third kappa shape index (κ3) is 9.38. The Labute approximate surface area is 252 Å². The summed E-state index contributed by atoms with van der Waals surface area (Å²) in [5.41, 5.74) is 1.86. The van der Waals surface area contributed by atoms with Crippen LogP contribution in [0.5, 0.6) is 5.75 Å². The van der Waals surface area contributed by atoms with Gasteiger partial charge in [-0.15, -0.1) is 0 Å². The molecule has 1 N–H and O–H groups in total. The van der Waals surface area contributed by atoms with Crippen molar-refractivity contribution >= 4 is 50.7 Å². The van der Waals surface area contributed by atoms with Crippen LogP contribution in [-0.4, -0.2) is 50.0 Å². The Bertz CT molecular complexity index is 1430. The monoisotopic (exact) mass is 619 g/mol. The van der Waals surface area contributed by atoms with E-state index in [-0.39, 0.29) is 24.2 Å². The maximum absolute atomic E-state index is 13.8. The lowest BCUT2D eigenvalue weighted by Crippen LogP contribution is -2.53. The van der Waals surface area contributed by atoms with Gasteiger partial charge in [0.2, 0.25) is 21.8 Å². The molecule has 3 rings (SSSR count). The van der Waals surface area contributed by atoms with Gasteiger partial charge in [0.25, 0.3) is 0 Å². The lowest BCUT2D eigenvalue weighted by atomic mass is 10.1. The molecule has 0 spiro atoms. The predicted molar refractivity (Wildman–Crippen MR) is 164 cm³/mol. The highest BCUT2D eigenvalue weighted by Crippen LogP contribution is 2.26. The van der Waals surface area contributed by atoms with Gasteiger partial charge in [-0.05, 0) is 67.8 Å². The highest BCUT2D eigenvalue weighted by atomic mass is 35.5.